The molecular formula is C140H108N4O2. The summed E-state index contributed by atoms with van der Waals surface area (Å²) in [6, 6.07) is 177. The minimum atomic E-state index is -0.799. The molecule has 0 amide bonds. The minimum Gasteiger partial charge on any atom is -0.456 e. The van der Waals surface area contributed by atoms with Crippen LogP contribution in [-0.4, -0.2) is 0 Å². The van der Waals surface area contributed by atoms with Crippen LogP contribution in [0.4, 0.5) is 68.2 Å². The Morgan fingerprint density at radius 1 is 0.233 bits per heavy atom. The van der Waals surface area contributed by atoms with E-state index in [9.17, 15) is 0 Å². The van der Waals surface area contributed by atoms with Crippen LogP contribution in [0.5, 0.6) is 0 Å². The van der Waals surface area contributed by atoms with Crippen molar-refractivity contribution in [1.82, 2.24) is 0 Å². The molecule has 6 nitrogen and oxygen atoms in total. The third-order valence-corrected chi connectivity index (χ3v) is 32.7. The summed E-state index contributed by atoms with van der Waals surface area (Å²) in [5.74, 6) is 0.444. The summed E-state index contributed by atoms with van der Waals surface area (Å²) in [5, 5.41) is 6.64. The highest BCUT2D eigenvalue weighted by Crippen LogP contribution is 2.68. The van der Waals surface area contributed by atoms with Gasteiger partial charge in [-0.2, -0.15) is 0 Å². The highest BCUT2D eigenvalue weighted by atomic mass is 16.3. The Labute approximate surface area is 853 Å². The normalized spacial score (nSPS) is 14.1. The first kappa shape index (κ1) is 87.7. The van der Waals surface area contributed by atoms with E-state index in [0.717, 1.165) is 146 Å². The molecule has 146 heavy (non-hydrogen) atoms. The van der Waals surface area contributed by atoms with Crippen LogP contribution in [-0.2, 0) is 28.1 Å². The Balaban J connectivity index is 0.590. The van der Waals surface area contributed by atoms with Crippen molar-refractivity contribution in [1.29, 1.82) is 0 Å². The van der Waals surface area contributed by atoms with Gasteiger partial charge in [0, 0.05) is 78.2 Å². The molecule has 27 rings (SSSR count). The van der Waals surface area contributed by atoms with Crippen molar-refractivity contribution >= 4 is 123 Å². The fraction of sp³-hybridized carbons (Fsp3) is 0.114. The monoisotopic (exact) mass is 1880 g/mol. The zero-order valence-electron chi connectivity index (χ0n) is 83.4. The molecule has 0 saturated carbocycles. The first-order chi connectivity index (χ1) is 71.5. The molecule has 700 valence electrons. The van der Waals surface area contributed by atoms with E-state index in [1.54, 1.807) is 0 Å². The number of hydrogen-bond donors (Lipinski definition) is 0. The van der Waals surface area contributed by atoms with Crippen molar-refractivity contribution < 1.29 is 8.83 Å². The van der Waals surface area contributed by atoms with Gasteiger partial charge in [0.2, 0.25) is 0 Å². The Morgan fingerprint density at radius 3 is 1.10 bits per heavy atom. The zero-order chi connectivity index (χ0) is 98.2. The van der Waals surface area contributed by atoms with Gasteiger partial charge in [0.05, 0.1) is 38.7 Å². The largest absolute Gasteiger partial charge is 0.456 e. The fourth-order valence-corrected chi connectivity index (χ4v) is 26.0. The molecule has 0 aliphatic heterocycles. The van der Waals surface area contributed by atoms with Gasteiger partial charge in [-0.3, -0.25) is 0 Å². The van der Waals surface area contributed by atoms with Crippen LogP contribution >= 0.6 is 0 Å². The van der Waals surface area contributed by atoms with Crippen molar-refractivity contribution in [2.45, 2.75) is 102 Å². The highest BCUT2D eigenvalue weighted by molar-refractivity contribution is 6.17. The van der Waals surface area contributed by atoms with Gasteiger partial charge in [-0.1, -0.05) is 370 Å². The molecule has 1 atom stereocenters. The van der Waals surface area contributed by atoms with Crippen LogP contribution in [0.2, 0.25) is 0 Å². The van der Waals surface area contributed by atoms with E-state index in [1.165, 1.54) is 122 Å². The third kappa shape index (κ3) is 13.5. The van der Waals surface area contributed by atoms with E-state index >= 15 is 0 Å². The number of aryl methyl sites for hydroxylation is 2. The summed E-state index contributed by atoms with van der Waals surface area (Å²) >= 11 is 0. The molecule has 2 heterocycles. The fourth-order valence-electron chi connectivity index (χ4n) is 26.0. The molecule has 0 radical (unpaired) electrons. The van der Waals surface area contributed by atoms with Crippen molar-refractivity contribution in [3.05, 3.63) is 562 Å². The topological polar surface area (TPSA) is 39.2 Å². The molecule has 23 aromatic rings. The molecule has 6 heteroatoms. The van der Waals surface area contributed by atoms with E-state index in [2.05, 4.69) is 549 Å². The molecule has 0 N–H and O–H groups in total. The lowest BCUT2D eigenvalue weighted by molar-refractivity contribution is 0.563. The summed E-state index contributed by atoms with van der Waals surface area (Å²) in [6.07, 6.45) is 0.728. The van der Waals surface area contributed by atoms with Crippen molar-refractivity contribution in [3.63, 3.8) is 0 Å². The maximum atomic E-state index is 7.46. The zero-order valence-corrected chi connectivity index (χ0v) is 83.4. The Bertz CT molecular complexity index is 9110. The smallest absolute Gasteiger partial charge is 0.138 e. The summed E-state index contributed by atoms with van der Waals surface area (Å²) in [4.78, 5) is 10.0. The van der Waals surface area contributed by atoms with Crippen LogP contribution in [0, 0.1) is 13.8 Å². The molecule has 0 saturated heterocycles. The van der Waals surface area contributed by atoms with Gasteiger partial charge in [-0.15, -0.1) is 0 Å². The molecule has 4 aliphatic carbocycles. The highest BCUT2D eigenvalue weighted by Gasteiger charge is 2.57. The SMILES string of the molecule is Cc1cccc(N(c2ccc3c(c2)C2(c4cc(N(c5cccc(C)c5)c5cccc6oc7c(CC(C)c8ccc(N(c9cccc(-c%10ccccc%10)c9)c9cc%10c(c%11ccccc9%11)-c9ccc(N(c%11ccc(C(C)C)cc%11)c%11cccc(-c%12ccccc%12)c%11)cc9C%109c%10ccccc%10C(C)(C)c%10ccccc%109)cc8)cccc7c56)ccc4-3)c3ccccc3C(C)(C)c3ccccc32)c2cccc3oc4ccccc4c23)c1. The number of nitrogens with zero attached hydrogens (tertiary/aromatic N) is 4. The maximum Gasteiger partial charge on any atom is 0.138 e. The van der Waals surface area contributed by atoms with Crippen molar-refractivity contribution in [2.75, 3.05) is 19.6 Å². The number of hydrogen-bond acceptors (Lipinski definition) is 6. The van der Waals surface area contributed by atoms with Gasteiger partial charge in [0.15, 0.2) is 0 Å². The van der Waals surface area contributed by atoms with Crippen LogP contribution in [0.1, 0.15) is 155 Å². The lowest BCUT2D eigenvalue weighted by Crippen LogP contribution is -2.40. The van der Waals surface area contributed by atoms with E-state index < -0.39 is 10.8 Å². The third-order valence-electron chi connectivity index (χ3n) is 32.7. The number of para-hydroxylation sites is 2. The minimum absolute atomic E-state index is 0.0696. The first-order valence-corrected chi connectivity index (χ1v) is 51.6. The Morgan fingerprint density at radius 2 is 0.589 bits per heavy atom. The second-order valence-corrected chi connectivity index (χ2v) is 42.1. The Kier molecular flexibility index (Phi) is 20.4. The van der Waals surface area contributed by atoms with Gasteiger partial charge < -0.3 is 28.4 Å². The summed E-state index contributed by atoms with van der Waals surface area (Å²) < 4.78 is 14.1. The predicted octanol–water partition coefficient (Wildman–Crippen LogP) is 37.9. The van der Waals surface area contributed by atoms with Gasteiger partial charge in [0.1, 0.15) is 22.3 Å². The standard InChI is InChI=1S/C140H108N4O2/c1-88(2)92-65-69-99(70-66-92)141(103-46-30-41-96(82-103)94-37-12-10-13-38-94)105-75-78-112-125(84-105)140(121-58-25-21-54-117(121)138(8,9)118-55-22-26-59-122(118)140)126-87-129(110-48-16-17-49-111(110)133(112)126)142(104-47-31-42-97(83-104)95-39-14-11-15-40-95)100-71-67-93(68-72-100)91(5)81-98-43-32-51-114-135-128(61-34-64-132(135)146-136(98)114)144(102-45-29-36-90(4)80-102)107-74-77-109-108-76-73-106(143(101-44-28-35-89(3)79-101)127-60-33-63-131-134(127)113-50-18-27-62-130(113)145-131)85-123(108)139(124(109)86-107)119-56-23-19-52-115(119)137(6,7)116-53-20-24-57-120(116)139/h10-80,82-88,91H,81H2,1-9H3. The van der Waals surface area contributed by atoms with Gasteiger partial charge in [0.25, 0.3) is 0 Å². The van der Waals surface area contributed by atoms with Crippen molar-refractivity contribution in [2.24, 2.45) is 0 Å². The van der Waals surface area contributed by atoms with Gasteiger partial charge in [-0.05, 0) is 322 Å². The molecule has 1 unspecified atom stereocenters. The number of rotatable bonds is 18. The Hall–Kier alpha value is -17.3. The quantitative estimate of drug-likeness (QED) is 0.0853. The lowest BCUT2D eigenvalue weighted by atomic mass is 9.55. The average molecular weight is 1880 g/mol. The maximum absolute atomic E-state index is 7.46. The number of benzene rings is 21. The van der Waals surface area contributed by atoms with E-state index in [-0.39, 0.29) is 16.7 Å². The lowest BCUT2D eigenvalue weighted by Gasteiger charge is -2.47. The first-order valence-electron chi connectivity index (χ1n) is 51.6. The van der Waals surface area contributed by atoms with Crippen LogP contribution in [0.25, 0.3) is 99.2 Å². The second kappa shape index (κ2) is 33.9. The predicted molar refractivity (Wildman–Crippen MR) is 609 cm³/mol. The molecular weight excluding hydrogens is 1770 g/mol. The van der Waals surface area contributed by atoms with Crippen LogP contribution < -0.4 is 19.6 Å². The van der Waals surface area contributed by atoms with Crippen molar-refractivity contribution in [3.8, 4) is 44.5 Å². The van der Waals surface area contributed by atoms with Crippen LogP contribution in [0.15, 0.2) is 476 Å². The van der Waals surface area contributed by atoms with E-state index in [1.807, 2.05) is 0 Å². The molecule has 2 aromatic heterocycles. The molecule has 2 spiro atoms. The van der Waals surface area contributed by atoms with E-state index in [4.69, 9.17) is 8.83 Å². The van der Waals surface area contributed by atoms with Gasteiger partial charge >= 0.3 is 0 Å². The summed E-state index contributed by atoms with van der Waals surface area (Å²) in [7, 11) is 0. The molecule has 0 bridgehead atoms. The number of furan rings is 2. The molecule has 21 aromatic carbocycles. The van der Waals surface area contributed by atoms with E-state index in [0.29, 0.717) is 5.92 Å². The second-order valence-electron chi connectivity index (χ2n) is 42.1. The molecule has 0 fully saturated rings. The number of anilines is 12. The summed E-state index contributed by atoms with van der Waals surface area (Å²) in [6.45, 7) is 21.0. The number of fused-ring (bicyclic) bond motifs is 26. The average Bonchev–Trinajstić information content (AvgIpc) is 1.49. The molecule has 4 aliphatic rings. The summed E-state index contributed by atoms with van der Waals surface area (Å²) in [5.41, 5.74) is 45.0. The van der Waals surface area contributed by atoms with Gasteiger partial charge in [-0.25, -0.2) is 0 Å². The van der Waals surface area contributed by atoms with Crippen LogP contribution in [0.3, 0.4) is 0 Å².